The second-order valence-electron chi connectivity index (χ2n) is 0.733. The molecule has 38 valence electrons. The Morgan fingerprint density at radius 3 is 1.33 bits per heavy atom. The summed E-state index contributed by atoms with van der Waals surface area (Å²) in [4.78, 5) is 0. The molecule has 0 fully saturated rings. The Kier molecular flexibility index (Phi) is 1.05. The van der Waals surface area contributed by atoms with Crippen molar-refractivity contribution in [3.8, 4) is 0 Å². The minimum atomic E-state index is -6.53. The average molecular weight is 194 g/mol. The first kappa shape index (κ1) is 6.43. The van der Waals surface area contributed by atoms with E-state index in [0.717, 1.165) is 0 Å². The summed E-state index contributed by atoms with van der Waals surface area (Å²) in [6.45, 7) is 0. The molecule has 0 bridgehead atoms. The molecule has 0 aliphatic heterocycles. The summed E-state index contributed by atoms with van der Waals surface area (Å²) in [5.41, 5.74) is 0. The Labute approximate surface area is 38.2 Å². The summed E-state index contributed by atoms with van der Waals surface area (Å²) in [5.74, 6) is 0. The van der Waals surface area contributed by atoms with Gasteiger partial charge >= 0.3 is 37.8 Å². The van der Waals surface area contributed by atoms with Crippen molar-refractivity contribution in [1.82, 2.24) is 0 Å². The van der Waals surface area contributed by atoms with Crippen molar-refractivity contribution in [3.05, 3.63) is 0 Å². The maximum atomic E-state index is 9.24. The normalized spacial score (nSPS) is 14.5. The van der Waals surface area contributed by atoms with Crippen LogP contribution in [0.5, 0.6) is 0 Å². The molecule has 6 heavy (non-hydrogen) atoms. The van der Waals surface area contributed by atoms with E-state index in [-0.39, 0.29) is 0 Å². The van der Waals surface area contributed by atoms with Crippen LogP contribution in [0.1, 0.15) is 0 Å². The van der Waals surface area contributed by atoms with E-state index in [1.54, 1.807) is 0 Å². The second-order valence-corrected chi connectivity index (χ2v) is 7.71. The monoisotopic (exact) mass is 196 g/mol. The first-order valence-corrected chi connectivity index (χ1v) is 7.09. The van der Waals surface area contributed by atoms with Crippen molar-refractivity contribution in [2.45, 2.75) is 0 Å². The topological polar surface area (TPSA) is 74.6 Å². The van der Waals surface area contributed by atoms with Gasteiger partial charge in [-0.25, -0.2) is 0 Å². The Bertz CT molecular complexity index is 186. The third-order valence-electron chi connectivity index (χ3n) is 0. The molecule has 2 N–H and O–H groups in total. The van der Waals surface area contributed by atoms with E-state index < -0.39 is 13.7 Å². The summed E-state index contributed by atoms with van der Waals surface area (Å²) in [6, 6.07) is 0. The third-order valence-corrected chi connectivity index (χ3v) is 0. The summed E-state index contributed by atoms with van der Waals surface area (Å²) in [7, 11) is 3.23. The van der Waals surface area contributed by atoms with Crippen LogP contribution >= 0.6 is 9.82 Å². The zero-order chi connectivity index (χ0) is 5.45. The van der Waals surface area contributed by atoms with Crippen molar-refractivity contribution in [2.24, 2.45) is 0 Å². The Hall–Kier alpha value is 0.428. The Morgan fingerprint density at radius 1 is 1.33 bits per heavy atom. The molecule has 0 saturated carbocycles. The van der Waals surface area contributed by atoms with Gasteiger partial charge in [0.05, 0.1) is 0 Å². The molecular weight excluding hydrogens is 192 g/mol. The van der Waals surface area contributed by atoms with Crippen LogP contribution in [-0.2, 0) is 20.5 Å². The standard InChI is InChI=1S/Mo.2H2O.2O.S/h;2*1H2;;;/q+2;;;;;/p-2. The predicted molar refractivity (Wildman–Crippen MR) is 13.4 cm³/mol. The third kappa shape index (κ3) is 284. The summed E-state index contributed by atoms with van der Waals surface area (Å²) in [5, 5.41) is 0. The van der Waals surface area contributed by atoms with E-state index in [1.807, 2.05) is 0 Å². The minimum absolute atomic E-state index is 3.23. The van der Waals surface area contributed by atoms with E-state index in [9.17, 15) is 6.80 Å². The molecule has 0 aliphatic rings. The predicted octanol–water partition coefficient (Wildman–Crippen LogP) is -0.706. The van der Waals surface area contributed by atoms with Crippen molar-refractivity contribution < 1.29 is 28.0 Å². The van der Waals surface area contributed by atoms with E-state index in [4.69, 9.17) is 7.52 Å². The molecule has 0 atom stereocenters. The van der Waals surface area contributed by atoms with Gasteiger partial charge in [0.25, 0.3) is 0 Å². The molecule has 0 radical (unpaired) electrons. The van der Waals surface area contributed by atoms with Crippen molar-refractivity contribution in [3.63, 3.8) is 0 Å². The molecule has 0 amide bonds. The molecule has 0 aromatic heterocycles. The van der Waals surface area contributed by atoms with Crippen LogP contribution in [0.2, 0.25) is 0 Å². The first-order chi connectivity index (χ1) is 2.24. The molecular formula is H2MoO4S. The van der Waals surface area contributed by atoms with Crippen LogP contribution in [0, 0.1) is 0 Å². The van der Waals surface area contributed by atoms with Crippen LogP contribution < -0.4 is 0 Å². The van der Waals surface area contributed by atoms with Gasteiger partial charge in [0.1, 0.15) is 0 Å². The fourth-order valence-electron chi connectivity index (χ4n) is 0. The van der Waals surface area contributed by atoms with Crippen LogP contribution in [-0.4, -0.2) is 7.52 Å². The van der Waals surface area contributed by atoms with Crippen molar-refractivity contribution in [2.75, 3.05) is 0 Å². The van der Waals surface area contributed by atoms with Crippen molar-refractivity contribution in [1.29, 1.82) is 0 Å². The van der Waals surface area contributed by atoms with Gasteiger partial charge in [-0.15, -0.1) is 0 Å². The first-order valence-electron chi connectivity index (χ1n) is 0.865. The van der Waals surface area contributed by atoms with E-state index in [2.05, 4.69) is 9.82 Å². The van der Waals surface area contributed by atoms with Gasteiger partial charge in [-0.1, -0.05) is 0 Å². The van der Waals surface area contributed by atoms with Gasteiger partial charge in [-0.2, -0.15) is 0 Å². The summed E-state index contributed by atoms with van der Waals surface area (Å²) < 4.78 is 33.4. The van der Waals surface area contributed by atoms with Crippen LogP contribution in [0.4, 0.5) is 0 Å². The van der Waals surface area contributed by atoms with Gasteiger partial charge < -0.3 is 0 Å². The quantitative estimate of drug-likeness (QED) is 0.498. The number of rotatable bonds is 0. The summed E-state index contributed by atoms with van der Waals surface area (Å²) >= 11 is -6.53. The molecule has 0 aromatic rings. The number of hydrogen-bond donors (Lipinski definition) is 2. The van der Waals surface area contributed by atoms with E-state index in [0.29, 0.717) is 0 Å². The van der Waals surface area contributed by atoms with Crippen LogP contribution in [0.25, 0.3) is 0 Å². The molecule has 0 rings (SSSR count). The van der Waals surface area contributed by atoms with Gasteiger partial charge in [-0.3, -0.25) is 0 Å². The fourth-order valence-corrected chi connectivity index (χ4v) is 0. The van der Waals surface area contributed by atoms with E-state index in [1.165, 1.54) is 0 Å². The molecule has 0 heterocycles. The van der Waals surface area contributed by atoms with Gasteiger partial charge in [0, 0.05) is 0 Å². The SMILES string of the molecule is [O]=[Mo](=[O])([OH])([OH])=[S]. The van der Waals surface area contributed by atoms with Gasteiger partial charge in [0.15, 0.2) is 0 Å². The molecule has 0 aliphatic carbocycles. The molecule has 0 unspecified atom stereocenters. The zero-order valence-electron chi connectivity index (χ0n) is 2.53. The Balaban J connectivity index is 5.37. The van der Waals surface area contributed by atoms with Gasteiger partial charge in [-0.05, 0) is 0 Å². The molecule has 4 nitrogen and oxygen atoms in total. The summed E-state index contributed by atoms with van der Waals surface area (Å²) in [6.07, 6.45) is 0. The fraction of sp³-hybridized carbons (Fsp3) is 0. The molecule has 0 aromatic carbocycles. The molecule has 6 heteroatoms. The number of hydrogen-bond acceptors (Lipinski definition) is 3. The zero-order valence-corrected chi connectivity index (χ0v) is 5.35. The van der Waals surface area contributed by atoms with Gasteiger partial charge in [0.2, 0.25) is 0 Å². The maximum absolute atomic E-state index is 9.24. The second kappa shape index (κ2) is 0.979. The van der Waals surface area contributed by atoms with Crippen LogP contribution in [0.3, 0.4) is 0 Å². The Morgan fingerprint density at radius 2 is 1.33 bits per heavy atom. The van der Waals surface area contributed by atoms with Crippen LogP contribution in [0.15, 0.2) is 0 Å². The molecule has 0 spiro atoms. The van der Waals surface area contributed by atoms with Crippen molar-refractivity contribution >= 4 is 9.82 Å². The average Bonchev–Trinajstić information content (AvgIpc) is 0.650. The van der Waals surface area contributed by atoms with E-state index >= 15 is 0 Å². The molecule has 0 saturated heterocycles.